The van der Waals surface area contributed by atoms with E-state index in [1.165, 1.54) is 8.61 Å². The molecule has 5 rings (SSSR count). The van der Waals surface area contributed by atoms with Gasteiger partial charge in [0.25, 0.3) is 0 Å². The van der Waals surface area contributed by atoms with E-state index in [1.807, 2.05) is 26.0 Å². The Kier molecular flexibility index (Phi) is 7.11. The summed E-state index contributed by atoms with van der Waals surface area (Å²) in [6, 6.07) is 27.5. The quantitative estimate of drug-likeness (QED) is 0.339. The van der Waals surface area contributed by atoms with E-state index in [0.717, 1.165) is 11.1 Å². The van der Waals surface area contributed by atoms with Crippen LogP contribution in [0.2, 0.25) is 0 Å². The fraction of sp³-hybridized carbons (Fsp3) is 0.172. The molecule has 0 fully saturated rings. The lowest BCUT2D eigenvalue weighted by atomic mass is 10.1. The third kappa shape index (κ3) is 5.23. The number of benzene rings is 4. The first-order chi connectivity index (χ1) is 18.1. The lowest BCUT2D eigenvalue weighted by Gasteiger charge is -2.31. The third-order valence-electron chi connectivity index (χ3n) is 6.49. The van der Waals surface area contributed by atoms with Crippen LogP contribution in [0.4, 0.5) is 0 Å². The molecule has 0 aromatic heterocycles. The molecule has 1 heterocycles. The maximum Gasteiger partial charge on any atom is 0.244 e. The summed E-state index contributed by atoms with van der Waals surface area (Å²) in [6.07, 6.45) is 0. The van der Waals surface area contributed by atoms with E-state index in [2.05, 4.69) is 0 Å². The summed E-state index contributed by atoms with van der Waals surface area (Å²) in [5, 5.41) is 0. The van der Waals surface area contributed by atoms with Gasteiger partial charge < -0.3 is 4.74 Å². The van der Waals surface area contributed by atoms with Crippen LogP contribution in [0.5, 0.6) is 11.5 Å². The summed E-state index contributed by atoms with van der Waals surface area (Å²) >= 11 is 0. The molecule has 0 atom stereocenters. The van der Waals surface area contributed by atoms with Crippen molar-refractivity contribution in [2.45, 2.75) is 36.7 Å². The highest BCUT2D eigenvalue weighted by molar-refractivity contribution is 7.90. The predicted molar refractivity (Wildman–Crippen MR) is 146 cm³/mol. The Morgan fingerprint density at radius 3 is 1.32 bits per heavy atom. The molecule has 1 aliphatic heterocycles. The maximum absolute atomic E-state index is 13.9. The van der Waals surface area contributed by atoms with Crippen LogP contribution in [0.1, 0.15) is 22.3 Å². The molecule has 0 bridgehead atoms. The number of nitrogens with zero attached hydrogens (tertiary/aromatic N) is 2. The average molecular weight is 549 g/mol. The van der Waals surface area contributed by atoms with Gasteiger partial charge in [0.15, 0.2) is 0 Å². The van der Waals surface area contributed by atoms with Gasteiger partial charge in [-0.05, 0) is 50.2 Å². The zero-order valence-electron chi connectivity index (χ0n) is 21.1. The minimum Gasteiger partial charge on any atom is -0.457 e. The van der Waals surface area contributed by atoms with Crippen LogP contribution in [0, 0.1) is 13.8 Å². The Balaban J connectivity index is 1.67. The van der Waals surface area contributed by atoms with E-state index in [0.29, 0.717) is 22.6 Å². The third-order valence-corrected chi connectivity index (χ3v) is 10.1. The molecule has 0 aliphatic carbocycles. The van der Waals surface area contributed by atoms with Crippen molar-refractivity contribution in [1.29, 1.82) is 0 Å². The summed E-state index contributed by atoms with van der Waals surface area (Å²) in [7, 11) is -8.15. The zero-order chi connectivity index (χ0) is 26.9. The fourth-order valence-electron chi connectivity index (χ4n) is 4.28. The van der Waals surface area contributed by atoms with Gasteiger partial charge in [0.05, 0.1) is 16.5 Å². The highest BCUT2D eigenvalue weighted by Gasteiger charge is 2.34. The van der Waals surface area contributed by atoms with Crippen LogP contribution in [0.3, 0.4) is 0 Å². The molecule has 4 aromatic rings. The van der Waals surface area contributed by atoms with E-state index in [1.54, 1.807) is 84.9 Å². The minimum atomic E-state index is -4.08. The molecular formula is C29H28N2O5S2. The number of sulfonamides is 2. The second kappa shape index (κ2) is 10.3. The summed E-state index contributed by atoms with van der Waals surface area (Å²) < 4.78 is 64.4. The first-order valence-electron chi connectivity index (χ1n) is 12.1. The van der Waals surface area contributed by atoms with Crippen LogP contribution < -0.4 is 4.74 Å². The van der Waals surface area contributed by atoms with Gasteiger partial charge in [-0.2, -0.15) is 8.61 Å². The molecule has 0 spiro atoms. The summed E-state index contributed by atoms with van der Waals surface area (Å²) in [6.45, 7) is 3.22. The Bertz CT molecular complexity index is 1540. The van der Waals surface area contributed by atoms with Gasteiger partial charge >= 0.3 is 0 Å². The normalized spacial score (nSPS) is 15.2. The Morgan fingerprint density at radius 2 is 0.921 bits per heavy atom. The number of ether oxygens (including phenoxy) is 1. The number of hydrogen-bond acceptors (Lipinski definition) is 5. The molecular weight excluding hydrogens is 520 g/mol. The van der Waals surface area contributed by atoms with Gasteiger partial charge in [-0.3, -0.25) is 0 Å². The Hall–Kier alpha value is -3.50. The second-order valence-electron chi connectivity index (χ2n) is 9.32. The molecule has 9 heteroatoms. The topological polar surface area (TPSA) is 84.0 Å². The van der Waals surface area contributed by atoms with Crippen LogP contribution in [0.25, 0.3) is 0 Å². The van der Waals surface area contributed by atoms with Crippen molar-refractivity contribution in [3.63, 3.8) is 0 Å². The summed E-state index contributed by atoms with van der Waals surface area (Å²) in [4.78, 5) is 0.179. The molecule has 0 saturated carbocycles. The number of rotatable bonds is 4. The van der Waals surface area contributed by atoms with E-state index in [4.69, 9.17) is 4.74 Å². The monoisotopic (exact) mass is 548 g/mol. The van der Waals surface area contributed by atoms with Gasteiger partial charge in [0.1, 0.15) is 11.5 Å². The Labute approximate surface area is 224 Å². The second-order valence-corrected chi connectivity index (χ2v) is 13.2. The first kappa shape index (κ1) is 26.1. The van der Waals surface area contributed by atoms with Crippen LogP contribution in [0.15, 0.2) is 107 Å². The van der Waals surface area contributed by atoms with Crippen molar-refractivity contribution < 1.29 is 21.6 Å². The number of para-hydroxylation sites is 2. The smallest absolute Gasteiger partial charge is 0.244 e. The SMILES string of the molecule is Cc1ccc(S(=O)(=O)N2Cc3ccccc3Oc3ccccc3CN(S(=O)(=O)c3ccc(C)cc3)C2)cc1. The molecule has 7 nitrogen and oxygen atoms in total. The number of fused-ring (bicyclic) bond motifs is 2. The molecule has 1 aliphatic rings. The average Bonchev–Trinajstić information content (AvgIpc) is 2.90. The highest BCUT2D eigenvalue weighted by Crippen LogP contribution is 2.34. The van der Waals surface area contributed by atoms with E-state index in [9.17, 15) is 16.8 Å². The lowest BCUT2D eigenvalue weighted by molar-refractivity contribution is 0.268. The standard InChI is InChI=1S/C29H28N2O5S2/c1-22-11-15-26(16-12-22)37(32,33)30-19-24-7-3-5-9-28(24)36-29-10-6-4-8-25(29)20-31(21-30)38(34,35)27-17-13-23(2)14-18-27/h3-18H,19-21H2,1-2H3. The summed E-state index contributed by atoms with van der Waals surface area (Å²) in [5.74, 6) is 1.03. The van der Waals surface area contributed by atoms with Crippen molar-refractivity contribution in [3.8, 4) is 11.5 Å². The van der Waals surface area contributed by atoms with Crippen molar-refractivity contribution in [3.05, 3.63) is 119 Å². The van der Waals surface area contributed by atoms with Gasteiger partial charge in [0, 0.05) is 24.2 Å². The molecule has 38 heavy (non-hydrogen) atoms. The summed E-state index contributed by atoms with van der Waals surface area (Å²) in [5.41, 5.74) is 3.08. The molecule has 0 radical (unpaired) electrons. The van der Waals surface area contributed by atoms with Gasteiger partial charge in [-0.1, -0.05) is 71.8 Å². The largest absolute Gasteiger partial charge is 0.457 e. The van der Waals surface area contributed by atoms with E-state index < -0.39 is 20.0 Å². The van der Waals surface area contributed by atoms with Crippen molar-refractivity contribution in [2.75, 3.05) is 6.67 Å². The van der Waals surface area contributed by atoms with Gasteiger partial charge in [0.2, 0.25) is 20.0 Å². The fourth-order valence-corrected chi connectivity index (χ4v) is 7.11. The Morgan fingerprint density at radius 1 is 0.553 bits per heavy atom. The molecule has 0 saturated heterocycles. The first-order valence-corrected chi connectivity index (χ1v) is 15.0. The van der Waals surface area contributed by atoms with Crippen molar-refractivity contribution in [1.82, 2.24) is 8.61 Å². The minimum absolute atomic E-state index is 0.0749. The van der Waals surface area contributed by atoms with E-state index >= 15 is 0 Å². The van der Waals surface area contributed by atoms with Crippen LogP contribution >= 0.6 is 0 Å². The highest BCUT2D eigenvalue weighted by atomic mass is 32.2. The lowest BCUT2D eigenvalue weighted by Crippen LogP contribution is -2.43. The number of hydrogen-bond donors (Lipinski definition) is 0. The van der Waals surface area contributed by atoms with Gasteiger partial charge in [-0.25, -0.2) is 16.8 Å². The van der Waals surface area contributed by atoms with Crippen LogP contribution in [-0.2, 0) is 33.1 Å². The van der Waals surface area contributed by atoms with Gasteiger partial charge in [-0.15, -0.1) is 0 Å². The molecule has 0 unspecified atom stereocenters. The molecule has 4 aromatic carbocycles. The number of aryl methyl sites for hydroxylation is 2. The molecule has 0 amide bonds. The predicted octanol–water partition coefficient (Wildman–Crippen LogP) is 5.45. The van der Waals surface area contributed by atoms with Crippen molar-refractivity contribution >= 4 is 20.0 Å². The van der Waals surface area contributed by atoms with Crippen molar-refractivity contribution in [2.24, 2.45) is 0 Å². The molecule has 0 N–H and O–H groups in total. The zero-order valence-corrected chi connectivity index (χ0v) is 22.7. The maximum atomic E-state index is 13.9. The van der Waals surface area contributed by atoms with Crippen LogP contribution in [-0.4, -0.2) is 32.1 Å². The molecule has 196 valence electrons. The van der Waals surface area contributed by atoms with E-state index in [-0.39, 0.29) is 29.5 Å².